The lowest BCUT2D eigenvalue weighted by Gasteiger charge is -2.19. The van der Waals surface area contributed by atoms with Crippen LogP contribution < -0.4 is 19.7 Å². The largest absolute Gasteiger partial charge is 0.491 e. The molecule has 1 heterocycles. The smallest absolute Gasteiger partial charge is 0.264 e. The quantitative estimate of drug-likeness (QED) is 0.352. The Balaban J connectivity index is 1.35. The molecule has 8 nitrogen and oxygen atoms in total. The van der Waals surface area contributed by atoms with Gasteiger partial charge in [0, 0.05) is 24.9 Å². The number of nitrogens with one attached hydrogen (secondary N) is 2. The molecule has 0 saturated heterocycles. The maximum absolute atomic E-state index is 13.1. The Morgan fingerprint density at radius 1 is 1.00 bits per heavy atom. The molecule has 0 radical (unpaired) electrons. The van der Waals surface area contributed by atoms with Gasteiger partial charge in [0.1, 0.15) is 12.4 Å². The second-order valence-electron chi connectivity index (χ2n) is 7.75. The van der Waals surface area contributed by atoms with E-state index in [1.165, 1.54) is 16.4 Å². The van der Waals surface area contributed by atoms with Crippen LogP contribution in [-0.2, 0) is 21.2 Å². The highest BCUT2D eigenvalue weighted by molar-refractivity contribution is 7.92. The van der Waals surface area contributed by atoms with Crippen molar-refractivity contribution in [1.82, 2.24) is 5.32 Å². The van der Waals surface area contributed by atoms with Crippen LogP contribution in [0.5, 0.6) is 5.75 Å². The molecule has 0 unspecified atom stereocenters. The van der Waals surface area contributed by atoms with Gasteiger partial charge in [-0.3, -0.25) is 14.4 Å². The van der Waals surface area contributed by atoms with E-state index in [9.17, 15) is 13.2 Å². The SMILES string of the molecule is COCCOc1ccc(C(=O)NC(=S)Nc2ccc(S(=O)(=O)N3CCc4ccccc43)cc2)cc1. The Hall–Kier alpha value is -3.47. The molecule has 0 aliphatic carbocycles. The van der Waals surface area contributed by atoms with Crippen LogP contribution in [0.2, 0.25) is 0 Å². The Morgan fingerprint density at radius 3 is 2.43 bits per heavy atom. The van der Waals surface area contributed by atoms with Gasteiger partial charge in [-0.1, -0.05) is 18.2 Å². The summed E-state index contributed by atoms with van der Waals surface area (Å²) in [5.41, 5.74) is 2.70. The van der Waals surface area contributed by atoms with E-state index >= 15 is 0 Å². The third-order valence-corrected chi connectivity index (χ3v) is 7.48. The third-order valence-electron chi connectivity index (χ3n) is 5.44. The van der Waals surface area contributed by atoms with Gasteiger partial charge in [-0.25, -0.2) is 8.42 Å². The third kappa shape index (κ3) is 5.79. The number of benzene rings is 3. The van der Waals surface area contributed by atoms with Gasteiger partial charge in [0.2, 0.25) is 0 Å². The zero-order valence-corrected chi connectivity index (χ0v) is 20.7. The standard InChI is InChI=1S/C25H25N3O5S2/c1-32-16-17-33-21-10-6-19(7-11-21)24(29)27-25(34)26-20-8-12-22(13-9-20)35(30,31)28-15-14-18-4-2-3-5-23(18)28/h2-13H,14-17H2,1H3,(H2,26,27,29,34). The van der Waals surface area contributed by atoms with Crippen LogP contribution in [-0.4, -0.2) is 46.3 Å². The first-order valence-corrected chi connectivity index (χ1v) is 12.8. The molecule has 1 aliphatic heterocycles. The van der Waals surface area contributed by atoms with Crippen LogP contribution in [0.15, 0.2) is 77.7 Å². The average Bonchev–Trinajstić information content (AvgIpc) is 3.30. The topological polar surface area (TPSA) is 97.0 Å². The van der Waals surface area contributed by atoms with Crippen LogP contribution in [0.4, 0.5) is 11.4 Å². The summed E-state index contributed by atoms with van der Waals surface area (Å²) in [4.78, 5) is 12.6. The van der Waals surface area contributed by atoms with Gasteiger partial charge in [0.05, 0.1) is 17.2 Å². The lowest BCUT2D eigenvalue weighted by atomic mass is 10.2. The molecule has 10 heteroatoms. The highest BCUT2D eigenvalue weighted by atomic mass is 32.2. The van der Waals surface area contributed by atoms with E-state index in [0.29, 0.717) is 48.9 Å². The molecular weight excluding hydrogens is 486 g/mol. The number of fused-ring (bicyclic) bond motifs is 1. The fourth-order valence-corrected chi connectivity index (χ4v) is 5.39. The number of sulfonamides is 1. The van der Waals surface area contributed by atoms with Crippen molar-refractivity contribution in [2.45, 2.75) is 11.3 Å². The summed E-state index contributed by atoms with van der Waals surface area (Å²) in [6.45, 7) is 1.31. The van der Waals surface area contributed by atoms with Gasteiger partial charge in [-0.15, -0.1) is 0 Å². The lowest BCUT2D eigenvalue weighted by Crippen LogP contribution is -2.34. The molecule has 0 aromatic heterocycles. The van der Waals surface area contributed by atoms with Gasteiger partial charge < -0.3 is 14.8 Å². The number of hydrogen-bond donors (Lipinski definition) is 2. The molecule has 0 atom stereocenters. The first kappa shape index (κ1) is 24.6. The number of nitrogens with zero attached hydrogens (tertiary/aromatic N) is 1. The number of carbonyl (C=O) groups excluding carboxylic acids is 1. The van der Waals surface area contributed by atoms with Crippen LogP contribution in [0.1, 0.15) is 15.9 Å². The highest BCUT2D eigenvalue weighted by Gasteiger charge is 2.30. The minimum atomic E-state index is -3.68. The Bertz CT molecular complexity index is 1310. The van der Waals surface area contributed by atoms with Crippen LogP contribution in [0, 0.1) is 0 Å². The maximum atomic E-state index is 13.1. The van der Waals surface area contributed by atoms with Crippen molar-refractivity contribution < 1.29 is 22.7 Å². The summed E-state index contributed by atoms with van der Waals surface area (Å²) in [6, 6.07) is 20.4. The van der Waals surface area contributed by atoms with Crippen LogP contribution in [0.25, 0.3) is 0 Å². The van der Waals surface area contributed by atoms with Crippen molar-refractivity contribution in [3.05, 3.63) is 83.9 Å². The number of methoxy groups -OCH3 is 1. The van der Waals surface area contributed by atoms with Crippen molar-refractivity contribution in [2.24, 2.45) is 0 Å². The van der Waals surface area contributed by atoms with Crippen molar-refractivity contribution in [2.75, 3.05) is 36.5 Å². The number of anilines is 2. The number of thiocarbonyl (C=S) groups is 1. The minimum absolute atomic E-state index is 0.0968. The minimum Gasteiger partial charge on any atom is -0.491 e. The molecule has 3 aromatic rings. The van der Waals surface area contributed by atoms with Crippen LogP contribution >= 0.6 is 12.2 Å². The number of ether oxygens (including phenoxy) is 2. The monoisotopic (exact) mass is 511 g/mol. The molecule has 4 rings (SSSR count). The number of carbonyl (C=O) groups is 1. The van der Waals surface area contributed by atoms with E-state index in [4.69, 9.17) is 21.7 Å². The summed E-state index contributed by atoms with van der Waals surface area (Å²) in [6.07, 6.45) is 0.687. The zero-order valence-electron chi connectivity index (χ0n) is 19.1. The van der Waals surface area contributed by atoms with Gasteiger partial charge >= 0.3 is 0 Å². The molecule has 35 heavy (non-hydrogen) atoms. The van der Waals surface area contributed by atoms with Crippen molar-refractivity contribution in [3.8, 4) is 5.75 Å². The molecule has 1 aliphatic rings. The number of rotatable bonds is 8. The van der Waals surface area contributed by atoms with Gasteiger partial charge in [0.25, 0.3) is 15.9 Å². The summed E-state index contributed by atoms with van der Waals surface area (Å²) >= 11 is 5.24. The fourth-order valence-electron chi connectivity index (χ4n) is 3.68. The van der Waals surface area contributed by atoms with E-state index in [2.05, 4.69) is 10.6 Å². The predicted molar refractivity (Wildman–Crippen MR) is 139 cm³/mol. The Kier molecular flexibility index (Phi) is 7.64. The molecule has 0 fully saturated rings. The van der Waals surface area contributed by atoms with Gasteiger partial charge in [-0.2, -0.15) is 0 Å². The maximum Gasteiger partial charge on any atom is 0.264 e. The average molecular weight is 512 g/mol. The second-order valence-corrected chi connectivity index (χ2v) is 10.0. The van der Waals surface area contributed by atoms with Crippen molar-refractivity contribution in [1.29, 1.82) is 0 Å². The molecule has 0 spiro atoms. The second kappa shape index (κ2) is 10.9. The van der Waals surface area contributed by atoms with Gasteiger partial charge in [-0.05, 0) is 78.8 Å². The van der Waals surface area contributed by atoms with Crippen LogP contribution in [0.3, 0.4) is 0 Å². The molecule has 2 N–H and O–H groups in total. The first-order chi connectivity index (χ1) is 16.9. The highest BCUT2D eigenvalue weighted by Crippen LogP contribution is 2.32. The molecule has 1 amide bonds. The molecular formula is C25H25N3O5S2. The summed E-state index contributed by atoms with van der Waals surface area (Å²) in [7, 11) is -2.08. The Morgan fingerprint density at radius 2 is 1.71 bits per heavy atom. The van der Waals surface area contributed by atoms with E-state index in [-0.39, 0.29) is 15.9 Å². The molecule has 0 saturated carbocycles. The molecule has 0 bridgehead atoms. The van der Waals surface area contributed by atoms with E-state index in [0.717, 1.165) is 5.56 Å². The molecule has 182 valence electrons. The first-order valence-electron chi connectivity index (χ1n) is 10.9. The summed E-state index contributed by atoms with van der Waals surface area (Å²) < 4.78 is 38.1. The number of hydrogen-bond acceptors (Lipinski definition) is 6. The van der Waals surface area contributed by atoms with E-state index in [1.807, 2.05) is 24.3 Å². The number of para-hydroxylation sites is 1. The lowest BCUT2D eigenvalue weighted by molar-refractivity contribution is 0.0977. The Labute approximate surface area is 209 Å². The summed E-state index contributed by atoms with van der Waals surface area (Å²) in [5, 5.41) is 5.61. The normalized spacial score (nSPS) is 12.7. The zero-order chi connectivity index (χ0) is 24.8. The number of amides is 1. The van der Waals surface area contributed by atoms with Gasteiger partial charge in [0.15, 0.2) is 5.11 Å². The fraction of sp³-hybridized carbons (Fsp3) is 0.200. The van der Waals surface area contributed by atoms with Crippen molar-refractivity contribution in [3.63, 3.8) is 0 Å². The van der Waals surface area contributed by atoms with E-state index < -0.39 is 10.0 Å². The predicted octanol–water partition coefficient (Wildman–Crippen LogP) is 3.59. The summed E-state index contributed by atoms with van der Waals surface area (Å²) in [5.74, 6) is 0.254. The molecule has 3 aromatic carbocycles. The van der Waals surface area contributed by atoms with E-state index in [1.54, 1.807) is 43.5 Å². The van der Waals surface area contributed by atoms with Crippen molar-refractivity contribution >= 4 is 44.6 Å².